The van der Waals surface area contributed by atoms with E-state index in [1.165, 1.54) is 0 Å². The second kappa shape index (κ2) is 7.97. The molecule has 18 heavy (non-hydrogen) atoms. The molecule has 0 aliphatic carbocycles. The zero-order chi connectivity index (χ0) is 12.9. The van der Waals surface area contributed by atoms with Crippen molar-refractivity contribution < 1.29 is 9.90 Å². The van der Waals surface area contributed by atoms with Crippen LogP contribution in [0.4, 0.5) is 0 Å². The molecule has 5 heteroatoms. The van der Waals surface area contributed by atoms with Gasteiger partial charge in [0, 0.05) is 19.2 Å². The predicted molar refractivity (Wildman–Crippen MR) is 75.9 cm³/mol. The molecule has 3 N–H and O–H groups in total. The molecule has 1 aliphatic rings. The van der Waals surface area contributed by atoms with Crippen LogP contribution in [0.25, 0.3) is 0 Å². The summed E-state index contributed by atoms with van der Waals surface area (Å²) in [5.41, 5.74) is -0.291. The van der Waals surface area contributed by atoms with E-state index >= 15 is 0 Å². The SMILES string of the molecule is CC(C)C(CCO)NC(=O)C1(C)CCCNC1.Cl. The minimum absolute atomic E-state index is 0. The molecule has 2 atom stereocenters. The summed E-state index contributed by atoms with van der Waals surface area (Å²) in [5, 5.41) is 15.4. The van der Waals surface area contributed by atoms with Gasteiger partial charge in [0.15, 0.2) is 0 Å². The highest BCUT2D eigenvalue weighted by molar-refractivity contribution is 5.85. The van der Waals surface area contributed by atoms with Crippen molar-refractivity contribution in [3.63, 3.8) is 0 Å². The summed E-state index contributed by atoms with van der Waals surface area (Å²) in [6.07, 6.45) is 2.62. The van der Waals surface area contributed by atoms with E-state index in [1.807, 2.05) is 6.92 Å². The molecule has 0 aromatic rings. The van der Waals surface area contributed by atoms with E-state index in [0.717, 1.165) is 25.9 Å². The molecule has 0 radical (unpaired) electrons. The quantitative estimate of drug-likeness (QED) is 0.711. The van der Waals surface area contributed by atoms with E-state index in [4.69, 9.17) is 5.11 Å². The van der Waals surface area contributed by atoms with Gasteiger partial charge in [0.25, 0.3) is 0 Å². The summed E-state index contributed by atoms with van der Waals surface area (Å²) < 4.78 is 0. The Hall–Kier alpha value is -0.320. The molecule has 0 bridgehead atoms. The molecule has 1 heterocycles. The third-order valence-corrected chi connectivity index (χ3v) is 3.71. The molecule has 1 amide bonds. The third-order valence-electron chi connectivity index (χ3n) is 3.71. The maximum atomic E-state index is 12.3. The fourth-order valence-electron chi connectivity index (χ4n) is 2.30. The molecule has 0 aromatic heterocycles. The van der Waals surface area contributed by atoms with Crippen LogP contribution in [-0.2, 0) is 4.79 Å². The van der Waals surface area contributed by atoms with Crippen LogP contribution in [0.1, 0.15) is 40.0 Å². The number of hydrogen-bond donors (Lipinski definition) is 3. The molecular weight excluding hydrogens is 252 g/mol. The Morgan fingerprint density at radius 2 is 2.17 bits per heavy atom. The summed E-state index contributed by atoms with van der Waals surface area (Å²) in [6.45, 7) is 8.04. The van der Waals surface area contributed by atoms with Gasteiger partial charge >= 0.3 is 0 Å². The van der Waals surface area contributed by atoms with E-state index in [1.54, 1.807) is 0 Å². The topological polar surface area (TPSA) is 61.4 Å². The van der Waals surface area contributed by atoms with Gasteiger partial charge in [-0.15, -0.1) is 12.4 Å². The van der Waals surface area contributed by atoms with Crippen LogP contribution in [0.5, 0.6) is 0 Å². The number of rotatable bonds is 5. The number of hydrogen-bond acceptors (Lipinski definition) is 3. The van der Waals surface area contributed by atoms with Crippen molar-refractivity contribution in [1.82, 2.24) is 10.6 Å². The van der Waals surface area contributed by atoms with Crippen molar-refractivity contribution in [3.05, 3.63) is 0 Å². The van der Waals surface area contributed by atoms with Crippen LogP contribution >= 0.6 is 12.4 Å². The van der Waals surface area contributed by atoms with Gasteiger partial charge in [0.2, 0.25) is 5.91 Å². The molecule has 4 nitrogen and oxygen atoms in total. The summed E-state index contributed by atoms with van der Waals surface area (Å²) >= 11 is 0. The summed E-state index contributed by atoms with van der Waals surface area (Å²) in [5.74, 6) is 0.475. The van der Waals surface area contributed by atoms with E-state index < -0.39 is 0 Å². The second-order valence-corrected chi connectivity index (χ2v) is 5.68. The van der Waals surface area contributed by atoms with E-state index in [0.29, 0.717) is 12.3 Å². The minimum atomic E-state index is -0.291. The molecule has 1 rings (SSSR count). The molecule has 1 aliphatic heterocycles. The fourth-order valence-corrected chi connectivity index (χ4v) is 2.30. The third kappa shape index (κ3) is 4.75. The van der Waals surface area contributed by atoms with Gasteiger partial charge in [-0.05, 0) is 38.6 Å². The van der Waals surface area contributed by atoms with Crippen molar-refractivity contribution in [2.45, 2.75) is 46.1 Å². The van der Waals surface area contributed by atoms with Gasteiger partial charge in [0.05, 0.1) is 5.41 Å². The standard InChI is InChI=1S/C13H26N2O2.ClH/c1-10(2)11(5-8-16)15-12(17)13(3)6-4-7-14-9-13;/h10-11,14,16H,4-9H2,1-3H3,(H,15,17);1H. The average Bonchev–Trinajstić information content (AvgIpc) is 2.29. The number of carbonyl (C=O) groups excluding carboxylic acids is 1. The van der Waals surface area contributed by atoms with Crippen molar-refractivity contribution in [1.29, 1.82) is 0 Å². The Kier molecular flexibility index (Phi) is 7.83. The first-order chi connectivity index (χ1) is 7.99. The van der Waals surface area contributed by atoms with Crippen molar-refractivity contribution in [2.24, 2.45) is 11.3 Å². The first-order valence-corrected chi connectivity index (χ1v) is 6.62. The molecule has 2 unspecified atom stereocenters. The van der Waals surface area contributed by atoms with Gasteiger partial charge in [0.1, 0.15) is 0 Å². The van der Waals surface area contributed by atoms with Crippen LogP contribution in [0.3, 0.4) is 0 Å². The highest BCUT2D eigenvalue weighted by Gasteiger charge is 2.35. The average molecular weight is 279 g/mol. The van der Waals surface area contributed by atoms with Gasteiger partial charge in [-0.1, -0.05) is 13.8 Å². The highest BCUT2D eigenvalue weighted by atomic mass is 35.5. The van der Waals surface area contributed by atoms with Gasteiger partial charge < -0.3 is 15.7 Å². The molecule has 0 spiro atoms. The van der Waals surface area contributed by atoms with Gasteiger partial charge in [-0.25, -0.2) is 0 Å². The fraction of sp³-hybridized carbons (Fsp3) is 0.923. The smallest absolute Gasteiger partial charge is 0.227 e. The number of amides is 1. The zero-order valence-corrected chi connectivity index (χ0v) is 12.5. The lowest BCUT2D eigenvalue weighted by atomic mass is 9.81. The lowest BCUT2D eigenvalue weighted by Gasteiger charge is -2.35. The molecule has 1 saturated heterocycles. The Bertz CT molecular complexity index is 253. The molecular formula is C13H27ClN2O2. The zero-order valence-electron chi connectivity index (χ0n) is 11.7. The number of carbonyl (C=O) groups is 1. The number of halogens is 1. The van der Waals surface area contributed by atoms with Crippen LogP contribution < -0.4 is 10.6 Å². The van der Waals surface area contributed by atoms with E-state index in [9.17, 15) is 4.79 Å². The Morgan fingerprint density at radius 3 is 2.61 bits per heavy atom. The largest absolute Gasteiger partial charge is 0.396 e. The summed E-state index contributed by atoms with van der Waals surface area (Å²) in [7, 11) is 0. The normalized spacial score (nSPS) is 25.4. The van der Waals surface area contributed by atoms with Gasteiger partial charge in [-0.2, -0.15) is 0 Å². The van der Waals surface area contributed by atoms with E-state index in [-0.39, 0.29) is 36.4 Å². The number of aliphatic hydroxyl groups excluding tert-OH is 1. The maximum absolute atomic E-state index is 12.3. The van der Waals surface area contributed by atoms with E-state index in [2.05, 4.69) is 24.5 Å². The first kappa shape index (κ1) is 17.7. The lowest BCUT2D eigenvalue weighted by Crippen LogP contribution is -2.52. The number of aliphatic hydroxyl groups is 1. The summed E-state index contributed by atoms with van der Waals surface area (Å²) in [4.78, 5) is 12.3. The van der Waals surface area contributed by atoms with Crippen molar-refractivity contribution in [2.75, 3.05) is 19.7 Å². The lowest BCUT2D eigenvalue weighted by molar-refractivity contribution is -0.132. The highest BCUT2D eigenvalue weighted by Crippen LogP contribution is 2.26. The second-order valence-electron chi connectivity index (χ2n) is 5.68. The van der Waals surface area contributed by atoms with Crippen LogP contribution in [0, 0.1) is 11.3 Å². The molecule has 0 aromatic carbocycles. The van der Waals surface area contributed by atoms with Crippen LogP contribution in [-0.4, -0.2) is 36.8 Å². The van der Waals surface area contributed by atoms with Crippen LogP contribution in [0.15, 0.2) is 0 Å². The monoisotopic (exact) mass is 278 g/mol. The first-order valence-electron chi connectivity index (χ1n) is 6.62. The number of piperidine rings is 1. The predicted octanol–water partition coefficient (Wildman–Crippen LogP) is 1.32. The molecule has 108 valence electrons. The molecule has 0 saturated carbocycles. The van der Waals surface area contributed by atoms with Crippen molar-refractivity contribution in [3.8, 4) is 0 Å². The Morgan fingerprint density at radius 1 is 1.50 bits per heavy atom. The minimum Gasteiger partial charge on any atom is -0.396 e. The van der Waals surface area contributed by atoms with Crippen molar-refractivity contribution >= 4 is 18.3 Å². The maximum Gasteiger partial charge on any atom is 0.227 e. The number of nitrogens with one attached hydrogen (secondary N) is 2. The van der Waals surface area contributed by atoms with Crippen LogP contribution in [0.2, 0.25) is 0 Å². The Labute approximate surface area is 116 Å². The van der Waals surface area contributed by atoms with Gasteiger partial charge in [-0.3, -0.25) is 4.79 Å². The summed E-state index contributed by atoms with van der Waals surface area (Å²) in [6, 6.07) is 0.0752. The Balaban J connectivity index is 0.00000289. The molecule has 1 fully saturated rings.